The first-order valence-electron chi connectivity index (χ1n) is 25.1. The molecule has 0 aliphatic carbocycles. The van der Waals surface area contributed by atoms with Crippen LogP contribution < -0.4 is 20.7 Å². The second-order valence-electron chi connectivity index (χ2n) is 18.1. The van der Waals surface area contributed by atoms with Crippen LogP contribution >= 0.6 is 0 Å². The monoisotopic (exact) mass is 1100 g/mol. The molecular weight excluding hydrogens is 1030 g/mol. The average Bonchev–Trinajstić information content (AvgIpc) is 4.10. The molecule has 3 aromatic rings. The topological polar surface area (TPSA) is 438 Å². The Hall–Kier alpha value is -5.10. The van der Waals surface area contributed by atoms with Gasteiger partial charge < -0.3 is 119 Å². The minimum atomic E-state index is -1.98. The standard InChI is InChI=1S/C47H70N6O24/c1-24-50-42(53-76-24)25-8-10-26(11-9-25)69-14-5-6-27-20-28(52-77-27)43(65)48-13-15-67-16-17-68-18-19-70-47(66)49-12-4-2-3-7-32(57)51-44-37(62)36(61)40(31(23-56)71-44)74-46-39(64)41(34(59)30(22-55)73-46)75-45-38(63)35(60)33(58)29(21-54)72-45/h8-11,20,29-31,33-41,44-46,54-56,58-64H,2-7,12-19,21-23H2,1H3,(H,48,65)(H,49,66)(H,51,57)/t29-,30-,31-,33+,34+,35+,36-,37-,38-,39-,40-,41+,44-,45+,46+/m1/s1. The molecule has 30 nitrogen and oxygen atoms in total. The third-order valence-electron chi connectivity index (χ3n) is 12.4. The van der Waals surface area contributed by atoms with Crippen molar-refractivity contribution in [2.75, 3.05) is 72.6 Å². The zero-order valence-electron chi connectivity index (χ0n) is 42.1. The largest absolute Gasteiger partial charge is 0.494 e. The number of nitrogens with zero attached hydrogens (tertiary/aromatic N) is 3. The van der Waals surface area contributed by atoms with Crippen LogP contribution in [-0.4, -0.2) is 249 Å². The number of aromatic nitrogens is 3. The van der Waals surface area contributed by atoms with Crippen LogP contribution in [0.15, 0.2) is 39.4 Å². The van der Waals surface area contributed by atoms with Gasteiger partial charge in [0.15, 0.2) is 24.5 Å². The van der Waals surface area contributed by atoms with Crippen LogP contribution in [-0.2, 0) is 49.1 Å². The van der Waals surface area contributed by atoms with E-state index >= 15 is 0 Å². The number of hydrogen-bond donors (Lipinski definition) is 13. The van der Waals surface area contributed by atoms with Crippen LogP contribution in [0.25, 0.3) is 11.4 Å². The lowest BCUT2D eigenvalue weighted by Crippen LogP contribution is -2.67. The zero-order valence-corrected chi connectivity index (χ0v) is 42.1. The molecule has 3 fully saturated rings. The molecule has 77 heavy (non-hydrogen) atoms. The van der Waals surface area contributed by atoms with Gasteiger partial charge >= 0.3 is 6.09 Å². The normalized spacial score (nSPS) is 29.4. The first-order valence-corrected chi connectivity index (χ1v) is 25.1. The van der Waals surface area contributed by atoms with Crippen molar-refractivity contribution in [3.63, 3.8) is 0 Å². The molecule has 30 heteroatoms. The fraction of sp³-hybridized carbons (Fsp3) is 0.702. The fourth-order valence-electron chi connectivity index (χ4n) is 8.18. The summed E-state index contributed by atoms with van der Waals surface area (Å²) in [5, 5.41) is 120. The number of aliphatic hydroxyl groups excluding tert-OH is 10. The third-order valence-corrected chi connectivity index (χ3v) is 12.4. The molecular formula is C47H70N6O24. The third kappa shape index (κ3) is 17.7. The van der Waals surface area contributed by atoms with Gasteiger partial charge in [-0.1, -0.05) is 16.7 Å². The SMILES string of the molecule is Cc1nc(-c2ccc(OCCCc3cc(C(=O)NCCOCCOCCOC(=O)NCCCCCC(=O)N[C@@H]4O[C@H](CO)[C@@H](O[C@@H]5O[C@H](CO)[C@H](O)[C@H](O[C@@H]6O[C@H](CO)[C@H](O)[C@H](O)[C@H]6O)[C@H]5O)[C@H](O)[C@H]4O)no3)cc2)no1. The smallest absolute Gasteiger partial charge is 0.407 e. The lowest BCUT2D eigenvalue weighted by Gasteiger charge is -2.48. The summed E-state index contributed by atoms with van der Waals surface area (Å²) in [6.45, 7) is 0.880. The number of aliphatic hydroxyl groups is 10. The molecule has 6 rings (SSSR count). The highest BCUT2D eigenvalue weighted by Crippen LogP contribution is 2.32. The highest BCUT2D eigenvalue weighted by Gasteiger charge is 2.53. The molecule has 3 amide bonds. The maximum atomic E-state index is 12.8. The van der Waals surface area contributed by atoms with E-state index in [2.05, 4.69) is 31.2 Å². The van der Waals surface area contributed by atoms with Gasteiger partial charge in [0.25, 0.3) is 5.91 Å². The van der Waals surface area contributed by atoms with Gasteiger partial charge in [0.05, 0.1) is 52.9 Å². The molecule has 0 bridgehead atoms. The van der Waals surface area contributed by atoms with Gasteiger partial charge in [-0.05, 0) is 43.5 Å². The summed E-state index contributed by atoms with van der Waals surface area (Å²) in [5.74, 6) is 1.23. The highest BCUT2D eigenvalue weighted by atomic mass is 16.7. The number of nitrogens with one attached hydrogen (secondary N) is 3. The van der Waals surface area contributed by atoms with E-state index in [9.17, 15) is 65.4 Å². The lowest BCUT2D eigenvalue weighted by molar-refractivity contribution is -0.374. The van der Waals surface area contributed by atoms with E-state index in [0.29, 0.717) is 61.9 Å². The molecule has 3 aliphatic rings. The number of hydrogen-bond acceptors (Lipinski definition) is 27. The number of amides is 3. The number of benzene rings is 1. The summed E-state index contributed by atoms with van der Waals surface area (Å²) in [5.41, 5.74) is 0.957. The van der Waals surface area contributed by atoms with Crippen molar-refractivity contribution in [2.24, 2.45) is 0 Å². The van der Waals surface area contributed by atoms with E-state index in [-0.39, 0.29) is 58.2 Å². The molecule has 3 aliphatic heterocycles. The van der Waals surface area contributed by atoms with Crippen molar-refractivity contribution in [1.82, 2.24) is 31.2 Å². The van der Waals surface area contributed by atoms with E-state index < -0.39 is 130 Å². The van der Waals surface area contributed by atoms with E-state index in [1.165, 1.54) is 0 Å². The van der Waals surface area contributed by atoms with Gasteiger partial charge in [-0.25, -0.2) is 4.79 Å². The van der Waals surface area contributed by atoms with Crippen molar-refractivity contribution >= 4 is 17.9 Å². The number of unbranched alkanes of at least 4 members (excludes halogenated alkanes) is 2. The predicted octanol–water partition coefficient (Wildman–Crippen LogP) is -4.34. The number of rotatable bonds is 30. The van der Waals surface area contributed by atoms with Crippen LogP contribution in [0.2, 0.25) is 0 Å². The highest BCUT2D eigenvalue weighted by molar-refractivity contribution is 5.92. The van der Waals surface area contributed by atoms with Crippen molar-refractivity contribution < 1.29 is 117 Å². The van der Waals surface area contributed by atoms with Gasteiger partial charge in [-0.15, -0.1) is 0 Å². The maximum absolute atomic E-state index is 12.8. The summed E-state index contributed by atoms with van der Waals surface area (Å²) in [6, 6.07) is 8.90. The van der Waals surface area contributed by atoms with Crippen LogP contribution in [0.5, 0.6) is 5.75 Å². The average molecular weight is 1100 g/mol. The maximum Gasteiger partial charge on any atom is 0.407 e. The molecule has 5 heterocycles. The van der Waals surface area contributed by atoms with E-state index in [1.54, 1.807) is 13.0 Å². The first kappa shape index (κ1) is 61.1. The Morgan fingerprint density at radius 2 is 1.30 bits per heavy atom. The summed E-state index contributed by atoms with van der Waals surface area (Å²) in [7, 11) is 0. The van der Waals surface area contributed by atoms with E-state index in [1.807, 2.05) is 24.3 Å². The Bertz CT molecular complexity index is 2220. The van der Waals surface area contributed by atoms with Crippen LogP contribution in [0.4, 0.5) is 4.79 Å². The molecule has 1 aromatic carbocycles. The van der Waals surface area contributed by atoms with Crippen molar-refractivity contribution in [3.8, 4) is 17.1 Å². The van der Waals surface area contributed by atoms with Crippen LogP contribution in [0.1, 0.15) is 54.2 Å². The fourth-order valence-corrected chi connectivity index (χ4v) is 8.18. The minimum absolute atomic E-state index is 0.0196. The van der Waals surface area contributed by atoms with E-state index in [4.69, 9.17) is 51.7 Å². The Morgan fingerprint density at radius 1 is 0.623 bits per heavy atom. The second-order valence-corrected chi connectivity index (χ2v) is 18.1. The number of carbonyl (C=O) groups excluding carboxylic acids is 3. The Morgan fingerprint density at radius 3 is 2.00 bits per heavy atom. The number of ether oxygens (including phenoxy) is 9. The molecule has 0 saturated carbocycles. The molecule has 2 aromatic heterocycles. The number of carbonyl (C=O) groups is 3. The molecule has 432 valence electrons. The molecule has 0 spiro atoms. The van der Waals surface area contributed by atoms with Crippen molar-refractivity contribution in [1.29, 1.82) is 0 Å². The lowest BCUT2D eigenvalue weighted by atomic mass is 9.95. The number of aryl methyl sites for hydroxylation is 2. The quantitative estimate of drug-likeness (QED) is 0.0281. The molecule has 0 radical (unpaired) electrons. The van der Waals surface area contributed by atoms with Gasteiger partial charge in [-0.2, -0.15) is 4.98 Å². The minimum Gasteiger partial charge on any atom is -0.494 e. The van der Waals surface area contributed by atoms with E-state index in [0.717, 1.165) is 5.56 Å². The molecule has 15 atom stereocenters. The molecule has 0 unspecified atom stereocenters. The summed E-state index contributed by atoms with van der Waals surface area (Å²) < 4.78 is 59.7. The summed E-state index contributed by atoms with van der Waals surface area (Å²) in [4.78, 5) is 41.5. The van der Waals surface area contributed by atoms with Crippen molar-refractivity contribution in [2.45, 2.75) is 138 Å². The predicted molar refractivity (Wildman–Crippen MR) is 254 cm³/mol. The number of alkyl carbamates (subject to hydrolysis) is 1. The Kier molecular flexibility index (Phi) is 24.5. The zero-order chi connectivity index (χ0) is 55.4. The van der Waals surface area contributed by atoms with Gasteiger partial charge in [-0.3, -0.25) is 9.59 Å². The second kappa shape index (κ2) is 30.9. The summed E-state index contributed by atoms with van der Waals surface area (Å²) in [6.07, 6.45) is -24.2. The van der Waals surface area contributed by atoms with Crippen LogP contribution in [0, 0.1) is 6.92 Å². The van der Waals surface area contributed by atoms with Gasteiger partial charge in [0.1, 0.15) is 91.4 Å². The first-order chi connectivity index (χ1) is 37.1. The molecule has 13 N–H and O–H groups in total. The van der Waals surface area contributed by atoms with Gasteiger partial charge in [0.2, 0.25) is 17.6 Å². The van der Waals surface area contributed by atoms with Crippen LogP contribution in [0.3, 0.4) is 0 Å². The molecule has 3 saturated heterocycles. The Balaban J connectivity index is 0.757. The van der Waals surface area contributed by atoms with Crippen molar-refractivity contribution in [3.05, 3.63) is 47.7 Å². The van der Waals surface area contributed by atoms with Gasteiger partial charge in [0, 0.05) is 44.5 Å². The Labute approximate surface area is 440 Å². The summed E-state index contributed by atoms with van der Waals surface area (Å²) >= 11 is 0.